The van der Waals surface area contributed by atoms with E-state index < -0.39 is 0 Å². The number of hydrogen-bond acceptors (Lipinski definition) is 4. The van der Waals surface area contributed by atoms with Crippen LogP contribution >= 0.6 is 0 Å². The highest BCUT2D eigenvalue weighted by molar-refractivity contribution is 5.79. The SMILES string of the molecule is CCOc1cc(CCCNC(=NC)N2CCC(OCC3CCCC3)CC2)ccc1OC. The molecule has 2 fully saturated rings. The number of benzene rings is 1. The van der Waals surface area contributed by atoms with Crippen LogP contribution < -0.4 is 14.8 Å². The standard InChI is InChI=1S/C25H41N3O3/c1-4-30-24-18-20(11-12-23(24)29-3)10-7-15-27-25(26-2)28-16-13-22(14-17-28)31-19-21-8-5-6-9-21/h11-12,18,21-22H,4-10,13-17,19H2,1-3H3,(H,26,27). The second kappa shape index (κ2) is 12.8. The molecule has 3 rings (SSSR count). The second-order valence-corrected chi connectivity index (χ2v) is 8.67. The smallest absolute Gasteiger partial charge is 0.193 e. The average molecular weight is 432 g/mol. The van der Waals surface area contributed by atoms with Crippen LogP contribution in [-0.2, 0) is 11.2 Å². The summed E-state index contributed by atoms with van der Waals surface area (Å²) in [5.41, 5.74) is 1.27. The molecule has 0 bridgehead atoms. The van der Waals surface area contributed by atoms with Crippen LogP contribution in [0.1, 0.15) is 57.4 Å². The lowest BCUT2D eigenvalue weighted by atomic mass is 10.1. The highest BCUT2D eigenvalue weighted by Crippen LogP contribution is 2.28. The van der Waals surface area contributed by atoms with Crippen molar-refractivity contribution in [1.82, 2.24) is 10.2 Å². The molecule has 0 amide bonds. The number of piperidine rings is 1. The van der Waals surface area contributed by atoms with Crippen molar-refractivity contribution in [2.45, 2.75) is 64.4 Å². The van der Waals surface area contributed by atoms with Crippen LogP contribution in [0.2, 0.25) is 0 Å². The topological polar surface area (TPSA) is 55.3 Å². The van der Waals surface area contributed by atoms with Gasteiger partial charge in [-0.3, -0.25) is 4.99 Å². The maximum Gasteiger partial charge on any atom is 0.193 e. The Labute approximate surface area is 188 Å². The van der Waals surface area contributed by atoms with Gasteiger partial charge < -0.3 is 24.4 Å². The van der Waals surface area contributed by atoms with Gasteiger partial charge >= 0.3 is 0 Å². The molecular formula is C25H41N3O3. The number of likely N-dealkylation sites (tertiary alicyclic amines) is 1. The van der Waals surface area contributed by atoms with Crippen LogP contribution in [0.25, 0.3) is 0 Å². The van der Waals surface area contributed by atoms with Gasteiger partial charge in [0.05, 0.1) is 19.8 Å². The Bertz CT molecular complexity index is 681. The van der Waals surface area contributed by atoms with E-state index in [1.165, 1.54) is 31.2 Å². The summed E-state index contributed by atoms with van der Waals surface area (Å²) in [4.78, 5) is 6.88. The molecule has 0 radical (unpaired) electrons. The zero-order valence-corrected chi connectivity index (χ0v) is 19.7. The highest BCUT2D eigenvalue weighted by Gasteiger charge is 2.23. The molecule has 0 spiro atoms. The molecule has 1 heterocycles. The maximum atomic E-state index is 6.21. The summed E-state index contributed by atoms with van der Waals surface area (Å²) < 4.78 is 17.3. The van der Waals surface area contributed by atoms with Crippen molar-refractivity contribution in [1.29, 1.82) is 0 Å². The van der Waals surface area contributed by atoms with Crippen molar-refractivity contribution in [3.8, 4) is 11.5 Å². The first-order valence-corrected chi connectivity index (χ1v) is 12.1. The Morgan fingerprint density at radius 3 is 2.58 bits per heavy atom. The summed E-state index contributed by atoms with van der Waals surface area (Å²) in [5.74, 6) is 3.44. The fourth-order valence-electron chi connectivity index (χ4n) is 4.65. The Balaban J connectivity index is 1.35. The van der Waals surface area contributed by atoms with Gasteiger partial charge in [-0.05, 0) is 69.1 Å². The maximum absolute atomic E-state index is 6.21. The summed E-state index contributed by atoms with van der Waals surface area (Å²) in [6.45, 7) is 6.54. The molecule has 1 aromatic carbocycles. The fraction of sp³-hybridized carbons (Fsp3) is 0.720. The Morgan fingerprint density at radius 1 is 1.13 bits per heavy atom. The minimum atomic E-state index is 0.421. The van der Waals surface area contributed by atoms with Gasteiger partial charge in [-0.15, -0.1) is 0 Å². The number of aryl methyl sites for hydroxylation is 1. The van der Waals surface area contributed by atoms with Gasteiger partial charge in [0.1, 0.15) is 0 Å². The number of methoxy groups -OCH3 is 1. The third kappa shape index (κ3) is 7.30. The number of aliphatic imine (C=N–C) groups is 1. The Morgan fingerprint density at radius 2 is 1.90 bits per heavy atom. The number of guanidine groups is 1. The lowest BCUT2D eigenvalue weighted by Crippen LogP contribution is -2.47. The summed E-state index contributed by atoms with van der Waals surface area (Å²) in [6, 6.07) is 6.20. The second-order valence-electron chi connectivity index (χ2n) is 8.67. The van der Waals surface area contributed by atoms with E-state index in [9.17, 15) is 0 Å². The van der Waals surface area contributed by atoms with E-state index in [-0.39, 0.29) is 0 Å². The van der Waals surface area contributed by atoms with Crippen LogP contribution in [0.3, 0.4) is 0 Å². The van der Waals surface area contributed by atoms with Gasteiger partial charge in [0.25, 0.3) is 0 Å². The van der Waals surface area contributed by atoms with Crippen molar-refractivity contribution in [3.05, 3.63) is 23.8 Å². The van der Waals surface area contributed by atoms with Crippen LogP contribution in [-0.4, -0.2) is 64.0 Å². The van der Waals surface area contributed by atoms with E-state index in [1.54, 1.807) is 7.11 Å². The summed E-state index contributed by atoms with van der Waals surface area (Å²) in [6.07, 6.45) is 10.1. The summed E-state index contributed by atoms with van der Waals surface area (Å²) in [7, 11) is 3.56. The van der Waals surface area contributed by atoms with E-state index in [1.807, 2.05) is 20.0 Å². The lowest BCUT2D eigenvalue weighted by Gasteiger charge is -2.34. The Kier molecular flexibility index (Phi) is 9.79. The normalized spacial score (nSPS) is 18.4. The first-order chi connectivity index (χ1) is 15.2. The number of ether oxygens (including phenoxy) is 3. The van der Waals surface area contributed by atoms with E-state index in [0.29, 0.717) is 12.7 Å². The summed E-state index contributed by atoms with van der Waals surface area (Å²) >= 11 is 0. The summed E-state index contributed by atoms with van der Waals surface area (Å²) in [5, 5.41) is 3.54. The van der Waals surface area contributed by atoms with Gasteiger partial charge in [-0.2, -0.15) is 0 Å². The molecule has 0 unspecified atom stereocenters. The van der Waals surface area contributed by atoms with Gasteiger partial charge in [0, 0.05) is 33.3 Å². The van der Waals surface area contributed by atoms with E-state index in [4.69, 9.17) is 14.2 Å². The molecule has 0 aromatic heterocycles. The third-order valence-electron chi connectivity index (χ3n) is 6.45. The van der Waals surface area contributed by atoms with Crippen LogP contribution in [0, 0.1) is 5.92 Å². The van der Waals surface area contributed by atoms with E-state index in [2.05, 4.69) is 27.3 Å². The average Bonchev–Trinajstić information content (AvgIpc) is 3.32. The van der Waals surface area contributed by atoms with Crippen molar-refractivity contribution in [2.24, 2.45) is 10.9 Å². The van der Waals surface area contributed by atoms with Crippen molar-refractivity contribution in [3.63, 3.8) is 0 Å². The van der Waals surface area contributed by atoms with E-state index in [0.717, 1.165) is 75.3 Å². The highest BCUT2D eigenvalue weighted by atomic mass is 16.5. The van der Waals surface area contributed by atoms with Gasteiger partial charge in [0.15, 0.2) is 17.5 Å². The molecule has 2 aliphatic rings. The molecule has 1 aromatic rings. The minimum absolute atomic E-state index is 0.421. The minimum Gasteiger partial charge on any atom is -0.493 e. The van der Waals surface area contributed by atoms with Crippen LogP contribution in [0.5, 0.6) is 11.5 Å². The number of rotatable bonds is 10. The molecule has 174 valence electrons. The van der Waals surface area contributed by atoms with Crippen LogP contribution in [0.4, 0.5) is 0 Å². The van der Waals surface area contributed by atoms with Gasteiger partial charge in [-0.25, -0.2) is 0 Å². The first-order valence-electron chi connectivity index (χ1n) is 12.1. The largest absolute Gasteiger partial charge is 0.493 e. The molecular weight excluding hydrogens is 390 g/mol. The fourth-order valence-corrected chi connectivity index (χ4v) is 4.65. The molecule has 1 aliphatic carbocycles. The molecule has 1 saturated heterocycles. The number of nitrogens with zero attached hydrogens (tertiary/aromatic N) is 2. The molecule has 1 aliphatic heterocycles. The monoisotopic (exact) mass is 431 g/mol. The predicted octanol–water partition coefficient (Wildman–Crippen LogP) is 4.27. The van der Waals surface area contributed by atoms with Crippen molar-refractivity contribution < 1.29 is 14.2 Å². The molecule has 1 N–H and O–H groups in total. The number of nitrogens with one attached hydrogen (secondary N) is 1. The first kappa shape index (κ1) is 23.7. The van der Waals surface area contributed by atoms with Gasteiger partial charge in [-0.1, -0.05) is 18.9 Å². The molecule has 1 saturated carbocycles. The molecule has 6 nitrogen and oxygen atoms in total. The molecule has 0 atom stereocenters. The molecule has 6 heteroatoms. The predicted molar refractivity (Wildman–Crippen MR) is 126 cm³/mol. The Hall–Kier alpha value is -1.95. The van der Waals surface area contributed by atoms with Gasteiger partial charge in [0.2, 0.25) is 0 Å². The van der Waals surface area contributed by atoms with Crippen molar-refractivity contribution >= 4 is 5.96 Å². The van der Waals surface area contributed by atoms with Crippen molar-refractivity contribution in [2.75, 3.05) is 47.0 Å². The van der Waals surface area contributed by atoms with Crippen LogP contribution in [0.15, 0.2) is 23.2 Å². The quantitative estimate of drug-likeness (QED) is 0.341. The van der Waals surface area contributed by atoms with E-state index >= 15 is 0 Å². The third-order valence-corrected chi connectivity index (χ3v) is 6.45. The number of hydrogen-bond donors (Lipinski definition) is 1. The lowest BCUT2D eigenvalue weighted by molar-refractivity contribution is 0.00102. The molecule has 31 heavy (non-hydrogen) atoms. The zero-order valence-electron chi connectivity index (χ0n) is 19.7. The zero-order chi connectivity index (χ0) is 21.9.